The molecule has 1 rings (SSSR count). The molecule has 0 spiro atoms. The molecule has 0 aromatic heterocycles. The minimum absolute atomic E-state index is 0.263. The number of aliphatic hydroxyl groups is 5. The highest BCUT2D eigenvalue weighted by Gasteiger charge is 2.29. The SMILES string of the molecule is Cc1cc(N=CC(O)C(O)C(O)C(O)CO)c(Cl)cc1Cl. The van der Waals surface area contributed by atoms with Crippen molar-refractivity contribution in [2.75, 3.05) is 6.61 Å². The van der Waals surface area contributed by atoms with Crippen LogP contribution in [0.25, 0.3) is 0 Å². The average Bonchev–Trinajstić information content (AvgIpc) is 2.46. The molecular weight excluding hydrogens is 321 g/mol. The molecule has 0 amide bonds. The third-order valence-corrected chi connectivity index (χ3v) is 3.59. The van der Waals surface area contributed by atoms with E-state index < -0.39 is 31.0 Å². The lowest BCUT2D eigenvalue weighted by atomic mass is 10.0. The number of aliphatic imine (C=N–C) groups is 1. The van der Waals surface area contributed by atoms with Gasteiger partial charge in [0.15, 0.2) is 0 Å². The van der Waals surface area contributed by atoms with Crippen LogP contribution in [-0.4, -0.2) is 62.8 Å². The molecule has 8 heteroatoms. The Bertz CT molecular complexity index is 512. The largest absolute Gasteiger partial charge is 0.394 e. The lowest BCUT2D eigenvalue weighted by molar-refractivity contribution is -0.0999. The fraction of sp³-hybridized carbons (Fsp3) is 0.462. The maximum absolute atomic E-state index is 9.69. The van der Waals surface area contributed by atoms with Crippen LogP contribution in [0.15, 0.2) is 17.1 Å². The van der Waals surface area contributed by atoms with Crippen LogP contribution in [0.4, 0.5) is 5.69 Å². The summed E-state index contributed by atoms with van der Waals surface area (Å²) in [6.07, 6.45) is -5.55. The first-order valence-corrected chi connectivity index (χ1v) is 6.86. The number of aliphatic hydroxyl groups excluding tert-OH is 5. The van der Waals surface area contributed by atoms with Crippen molar-refractivity contribution >= 4 is 35.1 Å². The van der Waals surface area contributed by atoms with Gasteiger partial charge in [0, 0.05) is 11.2 Å². The summed E-state index contributed by atoms with van der Waals surface area (Å²) in [7, 11) is 0. The molecule has 6 nitrogen and oxygen atoms in total. The van der Waals surface area contributed by atoms with Crippen molar-refractivity contribution in [3.63, 3.8) is 0 Å². The number of nitrogens with zero attached hydrogens (tertiary/aromatic N) is 1. The minimum Gasteiger partial charge on any atom is -0.394 e. The maximum Gasteiger partial charge on any atom is 0.118 e. The standard InChI is InChI=1S/C13H17Cl2NO5/c1-6-2-9(8(15)3-7(6)14)16-4-10(18)12(20)13(21)11(19)5-17/h2-4,10-13,17-21H,5H2,1H3. The van der Waals surface area contributed by atoms with Gasteiger partial charge in [-0.05, 0) is 24.6 Å². The highest BCUT2D eigenvalue weighted by atomic mass is 35.5. The Kier molecular flexibility index (Phi) is 7.02. The Labute approximate surface area is 131 Å². The van der Waals surface area contributed by atoms with Crippen molar-refractivity contribution in [3.8, 4) is 0 Å². The fourth-order valence-corrected chi connectivity index (χ4v) is 1.96. The number of rotatable bonds is 6. The first kappa shape index (κ1) is 18.3. The van der Waals surface area contributed by atoms with Crippen molar-refractivity contribution < 1.29 is 25.5 Å². The molecule has 0 heterocycles. The van der Waals surface area contributed by atoms with Crippen LogP contribution < -0.4 is 0 Å². The molecule has 0 bridgehead atoms. The summed E-state index contributed by atoms with van der Waals surface area (Å²) < 4.78 is 0. The second kappa shape index (κ2) is 8.05. The van der Waals surface area contributed by atoms with E-state index in [0.717, 1.165) is 11.8 Å². The van der Waals surface area contributed by atoms with Gasteiger partial charge in [-0.3, -0.25) is 4.99 Å². The molecular formula is C13H17Cl2NO5. The van der Waals surface area contributed by atoms with Crippen LogP contribution in [0.1, 0.15) is 5.56 Å². The number of hydrogen-bond donors (Lipinski definition) is 5. The lowest BCUT2D eigenvalue weighted by Crippen LogP contribution is -2.46. The van der Waals surface area contributed by atoms with E-state index in [4.69, 9.17) is 28.3 Å². The summed E-state index contributed by atoms with van der Waals surface area (Å²) in [5.74, 6) is 0. The van der Waals surface area contributed by atoms with E-state index in [1.807, 2.05) is 0 Å². The summed E-state index contributed by atoms with van der Waals surface area (Å²) >= 11 is 11.8. The smallest absolute Gasteiger partial charge is 0.118 e. The second-order valence-corrected chi connectivity index (χ2v) is 5.37. The topological polar surface area (TPSA) is 114 Å². The Balaban J connectivity index is 2.83. The van der Waals surface area contributed by atoms with Crippen molar-refractivity contribution in [3.05, 3.63) is 27.7 Å². The van der Waals surface area contributed by atoms with Crippen LogP contribution in [0.2, 0.25) is 10.0 Å². The van der Waals surface area contributed by atoms with Crippen LogP contribution in [0.5, 0.6) is 0 Å². The van der Waals surface area contributed by atoms with E-state index in [0.29, 0.717) is 10.7 Å². The van der Waals surface area contributed by atoms with E-state index in [1.54, 1.807) is 13.0 Å². The van der Waals surface area contributed by atoms with Crippen LogP contribution >= 0.6 is 23.2 Å². The summed E-state index contributed by atoms with van der Waals surface area (Å²) in [5.41, 5.74) is 1.07. The van der Waals surface area contributed by atoms with Gasteiger partial charge in [0.2, 0.25) is 0 Å². The molecule has 4 atom stereocenters. The van der Waals surface area contributed by atoms with Gasteiger partial charge in [0.05, 0.1) is 17.3 Å². The number of aryl methyl sites for hydroxylation is 1. The molecule has 0 fully saturated rings. The zero-order valence-electron chi connectivity index (χ0n) is 11.2. The fourth-order valence-electron chi connectivity index (χ4n) is 1.52. The molecule has 0 aliphatic rings. The average molecular weight is 338 g/mol. The second-order valence-electron chi connectivity index (χ2n) is 4.55. The van der Waals surface area contributed by atoms with E-state index in [-0.39, 0.29) is 5.02 Å². The molecule has 0 saturated heterocycles. The molecule has 1 aromatic carbocycles. The van der Waals surface area contributed by atoms with Gasteiger partial charge in [-0.15, -0.1) is 0 Å². The van der Waals surface area contributed by atoms with Gasteiger partial charge in [0.25, 0.3) is 0 Å². The molecule has 0 aliphatic carbocycles. The van der Waals surface area contributed by atoms with Crippen LogP contribution in [0, 0.1) is 6.92 Å². The van der Waals surface area contributed by atoms with Crippen molar-refractivity contribution in [2.45, 2.75) is 31.3 Å². The molecule has 1 aromatic rings. The van der Waals surface area contributed by atoms with Crippen molar-refractivity contribution in [1.82, 2.24) is 0 Å². The Morgan fingerprint density at radius 2 is 1.71 bits per heavy atom. The molecule has 21 heavy (non-hydrogen) atoms. The lowest BCUT2D eigenvalue weighted by Gasteiger charge is -2.23. The quantitative estimate of drug-likeness (QED) is 0.483. The zero-order valence-corrected chi connectivity index (χ0v) is 12.7. The van der Waals surface area contributed by atoms with Crippen LogP contribution in [-0.2, 0) is 0 Å². The predicted octanol–water partition coefficient (Wildman–Crippen LogP) is 0.440. The van der Waals surface area contributed by atoms with Gasteiger partial charge in [0.1, 0.15) is 24.4 Å². The van der Waals surface area contributed by atoms with Gasteiger partial charge in [-0.25, -0.2) is 0 Å². The van der Waals surface area contributed by atoms with E-state index in [2.05, 4.69) is 4.99 Å². The highest BCUT2D eigenvalue weighted by molar-refractivity contribution is 6.36. The van der Waals surface area contributed by atoms with E-state index in [1.165, 1.54) is 6.07 Å². The number of benzene rings is 1. The third kappa shape index (κ3) is 4.89. The van der Waals surface area contributed by atoms with Crippen LogP contribution in [0.3, 0.4) is 0 Å². The molecule has 0 radical (unpaired) electrons. The number of halogens is 2. The molecule has 118 valence electrons. The minimum atomic E-state index is -1.71. The predicted molar refractivity (Wildman–Crippen MR) is 80.5 cm³/mol. The summed E-state index contributed by atoms with van der Waals surface area (Å²) in [4.78, 5) is 3.92. The van der Waals surface area contributed by atoms with E-state index >= 15 is 0 Å². The van der Waals surface area contributed by atoms with Crippen molar-refractivity contribution in [1.29, 1.82) is 0 Å². The first-order chi connectivity index (χ1) is 9.77. The first-order valence-electron chi connectivity index (χ1n) is 6.11. The van der Waals surface area contributed by atoms with Crippen molar-refractivity contribution in [2.24, 2.45) is 4.99 Å². The Morgan fingerprint density at radius 1 is 1.10 bits per heavy atom. The molecule has 0 saturated carbocycles. The molecule has 0 aliphatic heterocycles. The summed E-state index contributed by atoms with van der Waals surface area (Å²) in [6, 6.07) is 3.09. The Morgan fingerprint density at radius 3 is 2.29 bits per heavy atom. The summed E-state index contributed by atoms with van der Waals surface area (Å²) in [5, 5.41) is 47.4. The molecule has 5 N–H and O–H groups in total. The third-order valence-electron chi connectivity index (χ3n) is 2.88. The highest BCUT2D eigenvalue weighted by Crippen LogP contribution is 2.30. The maximum atomic E-state index is 9.69. The summed E-state index contributed by atoms with van der Waals surface area (Å²) in [6.45, 7) is 1.01. The number of hydrogen-bond acceptors (Lipinski definition) is 6. The Hall–Kier alpha value is -0.730. The van der Waals surface area contributed by atoms with Gasteiger partial charge in [-0.2, -0.15) is 0 Å². The molecule has 4 unspecified atom stereocenters. The van der Waals surface area contributed by atoms with Gasteiger partial charge >= 0.3 is 0 Å². The van der Waals surface area contributed by atoms with Gasteiger partial charge < -0.3 is 25.5 Å². The monoisotopic (exact) mass is 337 g/mol. The normalized spacial score (nSPS) is 17.7. The van der Waals surface area contributed by atoms with E-state index in [9.17, 15) is 20.4 Å². The zero-order chi connectivity index (χ0) is 16.2. The van der Waals surface area contributed by atoms with Gasteiger partial charge in [-0.1, -0.05) is 23.2 Å².